The molecule has 0 saturated carbocycles. The van der Waals surface area contributed by atoms with Crippen LogP contribution in [0.4, 0.5) is 4.39 Å². The Bertz CT molecular complexity index is 1290. The molecule has 0 amide bonds. The number of carbonyl (C=O) groups excluding carboxylic acids is 1. The van der Waals surface area contributed by atoms with E-state index in [1.165, 1.54) is 23.3 Å². The van der Waals surface area contributed by atoms with Gasteiger partial charge in [-0.15, -0.1) is 0 Å². The molecule has 2 aromatic carbocycles. The molecule has 4 aliphatic heterocycles. The van der Waals surface area contributed by atoms with Crippen molar-refractivity contribution in [2.75, 3.05) is 32.8 Å². The number of hydrogen-bond donors (Lipinski definition) is 0. The van der Waals surface area contributed by atoms with Gasteiger partial charge in [0.15, 0.2) is 5.60 Å². The first-order chi connectivity index (χ1) is 18.6. The third-order valence-corrected chi connectivity index (χ3v) is 8.74. The first-order valence-corrected chi connectivity index (χ1v) is 14.1. The molecule has 7 nitrogen and oxygen atoms in total. The van der Waals surface area contributed by atoms with Crippen LogP contribution < -0.4 is 4.74 Å². The van der Waals surface area contributed by atoms with Crippen molar-refractivity contribution in [2.24, 2.45) is 10.6 Å². The van der Waals surface area contributed by atoms with E-state index in [2.05, 4.69) is 40.9 Å². The van der Waals surface area contributed by atoms with Crippen molar-refractivity contribution < 1.29 is 23.5 Å². The lowest BCUT2D eigenvalue weighted by atomic mass is 9.80. The van der Waals surface area contributed by atoms with Crippen LogP contribution in [-0.2, 0) is 27.3 Å². The molecule has 39 heavy (non-hydrogen) atoms. The molecule has 0 atom stereocenters. The third-order valence-electron chi connectivity index (χ3n) is 8.74. The molecule has 6 rings (SSSR count). The summed E-state index contributed by atoms with van der Waals surface area (Å²) < 4.78 is 25.2. The van der Waals surface area contributed by atoms with Crippen LogP contribution in [0.3, 0.4) is 0 Å². The van der Waals surface area contributed by atoms with E-state index in [-0.39, 0.29) is 23.0 Å². The molecule has 4 heterocycles. The van der Waals surface area contributed by atoms with Crippen LogP contribution >= 0.6 is 0 Å². The van der Waals surface area contributed by atoms with Gasteiger partial charge in [-0.25, -0.2) is 4.39 Å². The molecule has 2 aromatic rings. The molecule has 0 aromatic heterocycles. The van der Waals surface area contributed by atoms with Crippen molar-refractivity contribution >= 4 is 11.8 Å². The largest absolute Gasteiger partial charge is 0.487 e. The summed E-state index contributed by atoms with van der Waals surface area (Å²) in [4.78, 5) is 23.1. The zero-order chi connectivity index (χ0) is 27.4. The van der Waals surface area contributed by atoms with Crippen LogP contribution in [0.5, 0.6) is 5.75 Å². The summed E-state index contributed by atoms with van der Waals surface area (Å²) in [6.07, 6.45) is 3.18. The smallest absolute Gasteiger partial charge is 0.311 e. The number of piperidine rings is 1. The van der Waals surface area contributed by atoms with E-state index in [9.17, 15) is 9.18 Å². The zero-order valence-corrected chi connectivity index (χ0v) is 23.4. The van der Waals surface area contributed by atoms with Gasteiger partial charge in [0.05, 0.1) is 18.4 Å². The maximum atomic E-state index is 13.5. The Morgan fingerprint density at radius 3 is 2.46 bits per heavy atom. The summed E-state index contributed by atoms with van der Waals surface area (Å²) in [5, 5.41) is 4.49. The maximum absolute atomic E-state index is 13.5. The number of amidine groups is 1. The van der Waals surface area contributed by atoms with Gasteiger partial charge in [0.1, 0.15) is 23.0 Å². The number of esters is 1. The second-order valence-corrected chi connectivity index (χ2v) is 12.5. The monoisotopic (exact) mass is 535 g/mol. The van der Waals surface area contributed by atoms with Crippen LogP contribution in [0.25, 0.3) is 11.1 Å². The fourth-order valence-corrected chi connectivity index (χ4v) is 6.45. The van der Waals surface area contributed by atoms with E-state index in [1.54, 1.807) is 0 Å². The first-order valence-electron chi connectivity index (χ1n) is 14.1. The van der Waals surface area contributed by atoms with E-state index in [1.807, 2.05) is 26.0 Å². The van der Waals surface area contributed by atoms with E-state index in [0.717, 1.165) is 81.1 Å². The molecular weight excluding hydrogens is 497 g/mol. The molecular formula is C31H38FN3O4. The topological polar surface area (TPSA) is 63.6 Å². The van der Waals surface area contributed by atoms with Crippen LogP contribution in [-0.4, -0.2) is 65.6 Å². The fraction of sp³-hybridized carbons (Fsp3) is 0.548. The molecule has 0 N–H and O–H groups in total. The Kier molecular flexibility index (Phi) is 6.36. The minimum atomic E-state index is -0.414. The van der Waals surface area contributed by atoms with Crippen LogP contribution in [0, 0.1) is 11.2 Å². The molecule has 8 heteroatoms. The van der Waals surface area contributed by atoms with Gasteiger partial charge in [-0.05, 0) is 63.8 Å². The van der Waals surface area contributed by atoms with Crippen molar-refractivity contribution in [3.8, 4) is 16.9 Å². The van der Waals surface area contributed by atoms with Crippen LogP contribution in [0.1, 0.15) is 58.1 Å². The predicted octanol–water partition coefficient (Wildman–Crippen LogP) is 5.16. The Labute approximate surface area is 229 Å². The Hall–Kier alpha value is -3.13. The summed E-state index contributed by atoms with van der Waals surface area (Å²) in [6, 6.07) is 10.9. The predicted molar refractivity (Wildman–Crippen MR) is 147 cm³/mol. The van der Waals surface area contributed by atoms with Crippen molar-refractivity contribution in [3.63, 3.8) is 0 Å². The van der Waals surface area contributed by atoms with Gasteiger partial charge in [0, 0.05) is 50.3 Å². The highest BCUT2D eigenvalue weighted by molar-refractivity contribution is 5.85. The van der Waals surface area contributed by atoms with Crippen LogP contribution in [0.2, 0.25) is 0 Å². The second kappa shape index (κ2) is 9.51. The molecule has 208 valence electrons. The number of benzene rings is 2. The average molecular weight is 536 g/mol. The van der Waals surface area contributed by atoms with E-state index in [4.69, 9.17) is 14.3 Å². The number of oxime groups is 1. The number of rotatable bonds is 5. The number of ether oxygens (including phenoxy) is 2. The zero-order valence-electron chi connectivity index (χ0n) is 23.4. The van der Waals surface area contributed by atoms with Crippen molar-refractivity contribution in [1.82, 2.24) is 9.80 Å². The van der Waals surface area contributed by atoms with Crippen LogP contribution in [0.15, 0.2) is 41.6 Å². The lowest BCUT2D eigenvalue weighted by Gasteiger charge is -2.46. The fourth-order valence-electron chi connectivity index (χ4n) is 6.45. The van der Waals surface area contributed by atoms with E-state index in [0.29, 0.717) is 6.61 Å². The number of fused-ring (bicyclic) bond motifs is 1. The summed E-state index contributed by atoms with van der Waals surface area (Å²) in [6.45, 7) is 12.6. The Morgan fingerprint density at radius 2 is 1.77 bits per heavy atom. The average Bonchev–Trinajstić information content (AvgIpc) is 3.46. The number of carbonyl (C=O) groups is 1. The molecule has 0 aliphatic carbocycles. The molecule has 0 unspecified atom stereocenters. The normalized spacial score (nSPS) is 22.5. The van der Waals surface area contributed by atoms with Gasteiger partial charge < -0.3 is 19.2 Å². The van der Waals surface area contributed by atoms with Gasteiger partial charge in [0.2, 0.25) is 0 Å². The molecule has 2 saturated heterocycles. The number of hydrogen-bond acceptors (Lipinski definition) is 7. The quantitative estimate of drug-likeness (QED) is 0.493. The second-order valence-electron chi connectivity index (χ2n) is 12.5. The van der Waals surface area contributed by atoms with Gasteiger partial charge in [0.25, 0.3) is 0 Å². The summed E-state index contributed by atoms with van der Waals surface area (Å²) >= 11 is 0. The molecule has 0 bridgehead atoms. The summed E-state index contributed by atoms with van der Waals surface area (Å²) in [5.74, 6) is 1.59. The third kappa shape index (κ3) is 4.88. The first kappa shape index (κ1) is 26.1. The van der Waals surface area contributed by atoms with Gasteiger partial charge in [-0.3, -0.25) is 9.69 Å². The Balaban J connectivity index is 1.08. The van der Waals surface area contributed by atoms with Crippen molar-refractivity contribution in [3.05, 3.63) is 53.3 Å². The lowest BCUT2D eigenvalue weighted by molar-refractivity contribution is -0.156. The van der Waals surface area contributed by atoms with Gasteiger partial charge in [-0.1, -0.05) is 29.4 Å². The minimum absolute atomic E-state index is 0.0914. The number of likely N-dealkylation sites (tertiary alicyclic amines) is 2. The highest BCUT2D eigenvalue weighted by Gasteiger charge is 2.51. The number of halogens is 1. The van der Waals surface area contributed by atoms with E-state index >= 15 is 0 Å². The minimum Gasteiger partial charge on any atom is -0.487 e. The Morgan fingerprint density at radius 1 is 1.05 bits per heavy atom. The maximum Gasteiger partial charge on any atom is 0.311 e. The summed E-state index contributed by atoms with van der Waals surface area (Å²) in [5.41, 5.74) is 3.53. The molecule has 4 aliphatic rings. The highest BCUT2D eigenvalue weighted by atomic mass is 19.1. The van der Waals surface area contributed by atoms with Gasteiger partial charge >= 0.3 is 5.97 Å². The van der Waals surface area contributed by atoms with Crippen molar-refractivity contribution in [2.45, 2.75) is 71.1 Å². The SMILES string of the molecule is CCOC(=O)C1(C)CCN(C2=NOC3(C2)CN(Cc2ccc(-c4ccc(F)cc4)c4c2CC(C)(C)O4)C3)CC1. The van der Waals surface area contributed by atoms with E-state index < -0.39 is 5.41 Å². The highest BCUT2D eigenvalue weighted by Crippen LogP contribution is 2.45. The standard InChI is InChI=1S/C31H38FN3O4/c1-5-37-28(36)30(4)12-14-35(15-13-30)26-17-31(39-33-26)19-34(20-31)18-22-8-11-24(21-6-9-23(32)10-7-21)27-25(22)16-29(2,3)38-27/h6-11H,5,12-20H2,1-4H3. The van der Waals surface area contributed by atoms with Crippen molar-refractivity contribution in [1.29, 1.82) is 0 Å². The number of nitrogens with zero attached hydrogens (tertiary/aromatic N) is 3. The molecule has 2 fully saturated rings. The van der Waals surface area contributed by atoms with Gasteiger partial charge in [-0.2, -0.15) is 0 Å². The molecule has 1 spiro atoms. The summed E-state index contributed by atoms with van der Waals surface area (Å²) in [7, 11) is 0. The lowest BCUT2D eigenvalue weighted by Crippen LogP contribution is -2.61. The molecule has 0 radical (unpaired) electrons.